The highest BCUT2D eigenvalue weighted by atomic mass is 35.5. The van der Waals surface area contributed by atoms with Gasteiger partial charge < -0.3 is 19.4 Å². The minimum Gasteiger partial charge on any atom is -0.481 e. The van der Waals surface area contributed by atoms with Gasteiger partial charge in [-0.2, -0.15) is 0 Å². The molecular weight excluding hydrogens is 474 g/mol. The number of halogens is 3. The maximum atomic E-state index is 14.1. The van der Waals surface area contributed by atoms with E-state index >= 15 is 0 Å². The van der Waals surface area contributed by atoms with Crippen molar-refractivity contribution in [2.24, 2.45) is 0 Å². The number of hydrogen-bond acceptors (Lipinski definition) is 5. The number of hydrogen-bond donors (Lipinski definition) is 0. The van der Waals surface area contributed by atoms with Gasteiger partial charge in [0.1, 0.15) is 5.82 Å². The number of pyridine rings is 1. The Balaban J connectivity index is 0.00000204. The highest BCUT2D eigenvalue weighted by Crippen LogP contribution is 2.33. The fourth-order valence-electron chi connectivity index (χ4n) is 4.13. The highest BCUT2D eigenvalue weighted by Gasteiger charge is 2.20. The molecule has 34 heavy (non-hydrogen) atoms. The second-order valence-electron chi connectivity index (χ2n) is 8.42. The molecule has 0 N–H and O–H groups in total. The topological polar surface area (TPSA) is 31.8 Å². The molecule has 0 saturated carbocycles. The van der Waals surface area contributed by atoms with Crippen LogP contribution in [0.25, 0.3) is 11.3 Å². The third kappa shape index (κ3) is 6.05. The predicted molar refractivity (Wildman–Crippen MR) is 145 cm³/mol. The summed E-state index contributed by atoms with van der Waals surface area (Å²) in [6, 6.07) is 18.0. The summed E-state index contributed by atoms with van der Waals surface area (Å²) in [4.78, 5) is 11.5. The molecule has 3 aromatic rings. The molecule has 5 nitrogen and oxygen atoms in total. The molecule has 184 valence electrons. The lowest BCUT2D eigenvalue weighted by molar-refractivity contribution is 0.398. The van der Waals surface area contributed by atoms with Crippen LogP contribution < -0.4 is 19.4 Å². The van der Waals surface area contributed by atoms with E-state index in [1.807, 2.05) is 32.3 Å². The lowest BCUT2D eigenvalue weighted by Crippen LogP contribution is -2.31. The van der Waals surface area contributed by atoms with Crippen molar-refractivity contribution in [3.8, 4) is 17.1 Å². The largest absolute Gasteiger partial charge is 0.481 e. The first kappa shape index (κ1) is 27.5. The third-order valence-electron chi connectivity index (χ3n) is 6.07. The Labute approximate surface area is 214 Å². The zero-order valence-electron chi connectivity index (χ0n) is 20.1. The summed E-state index contributed by atoms with van der Waals surface area (Å²) in [6.45, 7) is 5.28. The predicted octanol–water partition coefficient (Wildman–Crippen LogP) is 5.83. The molecular formula is C26H33Cl2FN4O. The molecule has 1 aliphatic heterocycles. The van der Waals surface area contributed by atoms with E-state index in [4.69, 9.17) is 9.72 Å². The molecule has 0 atom stereocenters. The fourth-order valence-corrected chi connectivity index (χ4v) is 4.13. The molecule has 0 bridgehead atoms. The Morgan fingerprint density at radius 3 is 2.21 bits per heavy atom. The maximum absolute atomic E-state index is 14.1. The highest BCUT2D eigenvalue weighted by molar-refractivity contribution is 5.85. The first-order valence-corrected chi connectivity index (χ1v) is 11.0. The minimum atomic E-state index is -0.147. The second-order valence-corrected chi connectivity index (χ2v) is 8.42. The number of methoxy groups -OCH3 is 1. The minimum absolute atomic E-state index is 0. The van der Waals surface area contributed by atoms with Gasteiger partial charge in [-0.3, -0.25) is 0 Å². The molecule has 0 spiro atoms. The lowest BCUT2D eigenvalue weighted by atomic mass is 10.1. The molecule has 2 aromatic carbocycles. The molecule has 1 aromatic heterocycles. The van der Waals surface area contributed by atoms with E-state index in [-0.39, 0.29) is 30.6 Å². The first-order valence-electron chi connectivity index (χ1n) is 11.0. The molecule has 0 unspecified atom stereocenters. The number of anilines is 3. The van der Waals surface area contributed by atoms with Gasteiger partial charge in [-0.05, 0) is 49.2 Å². The van der Waals surface area contributed by atoms with Gasteiger partial charge in [0.15, 0.2) is 0 Å². The van der Waals surface area contributed by atoms with Crippen molar-refractivity contribution >= 4 is 41.9 Å². The molecule has 0 radical (unpaired) electrons. The van der Waals surface area contributed by atoms with Crippen LogP contribution >= 0.6 is 24.8 Å². The van der Waals surface area contributed by atoms with Gasteiger partial charge in [0.25, 0.3) is 0 Å². The number of rotatable bonds is 5. The van der Waals surface area contributed by atoms with Crippen LogP contribution in [0.2, 0.25) is 0 Å². The van der Waals surface area contributed by atoms with Crippen LogP contribution in [-0.2, 0) is 0 Å². The Hall–Kier alpha value is -2.70. The summed E-state index contributed by atoms with van der Waals surface area (Å²) >= 11 is 0. The second kappa shape index (κ2) is 12.1. The van der Waals surface area contributed by atoms with E-state index in [1.165, 1.54) is 0 Å². The molecule has 1 fully saturated rings. The summed E-state index contributed by atoms with van der Waals surface area (Å²) in [5.74, 6) is 0.457. The van der Waals surface area contributed by atoms with Crippen molar-refractivity contribution in [2.75, 3.05) is 62.1 Å². The molecule has 4 rings (SSSR count). The summed E-state index contributed by atoms with van der Waals surface area (Å²) in [5, 5.41) is 0. The average Bonchev–Trinajstić information content (AvgIpc) is 3.07. The normalized spacial score (nSPS) is 13.4. The number of ether oxygens (including phenoxy) is 1. The van der Waals surface area contributed by atoms with Crippen LogP contribution in [-0.4, -0.2) is 52.4 Å². The monoisotopic (exact) mass is 506 g/mol. The number of aromatic nitrogens is 1. The molecule has 8 heteroatoms. The van der Waals surface area contributed by atoms with Crippen LogP contribution in [0.3, 0.4) is 0 Å². The van der Waals surface area contributed by atoms with Crippen LogP contribution in [0.1, 0.15) is 12.0 Å². The zero-order valence-corrected chi connectivity index (χ0v) is 21.8. The zero-order chi connectivity index (χ0) is 22.7. The molecule has 0 aliphatic carbocycles. The van der Waals surface area contributed by atoms with Gasteiger partial charge in [-0.1, -0.05) is 18.2 Å². The summed E-state index contributed by atoms with van der Waals surface area (Å²) in [5.41, 5.74) is 5.85. The summed E-state index contributed by atoms with van der Waals surface area (Å²) in [7, 11) is 5.71. The molecule has 0 amide bonds. The maximum Gasteiger partial charge on any atom is 0.213 e. The number of aryl methyl sites for hydroxylation is 1. The summed E-state index contributed by atoms with van der Waals surface area (Å²) in [6.07, 6.45) is 0.987. The van der Waals surface area contributed by atoms with E-state index < -0.39 is 0 Å². The summed E-state index contributed by atoms with van der Waals surface area (Å²) < 4.78 is 19.5. The first-order chi connectivity index (χ1) is 15.5. The van der Waals surface area contributed by atoms with Gasteiger partial charge in [-0.25, -0.2) is 9.37 Å². The van der Waals surface area contributed by atoms with Gasteiger partial charge in [0.2, 0.25) is 5.88 Å². The van der Waals surface area contributed by atoms with E-state index in [0.717, 1.165) is 60.9 Å². The van der Waals surface area contributed by atoms with Gasteiger partial charge in [0.05, 0.1) is 18.5 Å². The van der Waals surface area contributed by atoms with Gasteiger partial charge >= 0.3 is 0 Å². The Morgan fingerprint density at radius 1 is 0.882 bits per heavy atom. The number of benzene rings is 2. The van der Waals surface area contributed by atoms with E-state index in [9.17, 15) is 4.39 Å². The quantitative estimate of drug-likeness (QED) is 0.434. The fraction of sp³-hybridized carbons (Fsp3) is 0.346. The van der Waals surface area contributed by atoms with E-state index in [2.05, 4.69) is 45.0 Å². The van der Waals surface area contributed by atoms with Gasteiger partial charge in [0, 0.05) is 63.3 Å². The number of nitrogens with zero attached hydrogens (tertiary/aromatic N) is 4. The van der Waals surface area contributed by atoms with E-state index in [0.29, 0.717) is 11.4 Å². The van der Waals surface area contributed by atoms with Crippen molar-refractivity contribution in [1.29, 1.82) is 0 Å². The van der Waals surface area contributed by atoms with Crippen LogP contribution in [0.4, 0.5) is 21.5 Å². The Morgan fingerprint density at radius 2 is 1.56 bits per heavy atom. The Bertz CT molecular complexity index is 1080. The molecule has 1 saturated heterocycles. The van der Waals surface area contributed by atoms with Crippen LogP contribution in [0, 0.1) is 12.7 Å². The molecule has 2 heterocycles. The van der Waals surface area contributed by atoms with Crippen LogP contribution in [0.5, 0.6) is 5.88 Å². The van der Waals surface area contributed by atoms with Crippen molar-refractivity contribution in [3.63, 3.8) is 0 Å². The van der Waals surface area contributed by atoms with Crippen molar-refractivity contribution in [2.45, 2.75) is 13.3 Å². The SMILES string of the molecule is COc1ccc(N2CCCN(c3ccc(C)c(F)c3)CC2)c(-c2ccc(N(C)C)cc2)n1.Cl.Cl. The smallest absolute Gasteiger partial charge is 0.213 e. The van der Waals surface area contributed by atoms with Crippen molar-refractivity contribution < 1.29 is 9.13 Å². The van der Waals surface area contributed by atoms with Crippen molar-refractivity contribution in [1.82, 2.24) is 4.98 Å². The standard InChI is InChI=1S/C26H31FN4O.2ClH/c1-19-6-9-22(18-23(19)27)30-14-5-15-31(17-16-30)24-12-13-25(32-4)28-26(24)20-7-10-21(11-8-20)29(2)3;;/h6-13,18H,5,14-17H2,1-4H3;2*1H. The average molecular weight is 507 g/mol. The van der Waals surface area contributed by atoms with Gasteiger partial charge in [-0.15, -0.1) is 24.8 Å². The van der Waals surface area contributed by atoms with Crippen LogP contribution in [0.15, 0.2) is 54.6 Å². The van der Waals surface area contributed by atoms with E-state index in [1.54, 1.807) is 20.1 Å². The van der Waals surface area contributed by atoms with Crippen molar-refractivity contribution in [3.05, 3.63) is 66.0 Å². The third-order valence-corrected chi connectivity index (χ3v) is 6.07. The molecule has 1 aliphatic rings. The lowest BCUT2D eigenvalue weighted by Gasteiger charge is -2.26. The Kier molecular flexibility index (Phi) is 9.83.